The van der Waals surface area contributed by atoms with Gasteiger partial charge < -0.3 is 0 Å². The number of rotatable bonds is 3. The molecule has 1 fully saturated rings. The average molecular weight is 341 g/mol. The van der Waals surface area contributed by atoms with E-state index in [0.717, 1.165) is 11.1 Å². The van der Waals surface area contributed by atoms with Crippen molar-refractivity contribution in [2.45, 2.75) is 6.42 Å². The van der Waals surface area contributed by atoms with E-state index in [1.165, 1.54) is 6.08 Å². The number of urea groups is 1. The van der Waals surface area contributed by atoms with E-state index in [4.69, 9.17) is 11.6 Å². The van der Waals surface area contributed by atoms with Gasteiger partial charge in [0, 0.05) is 5.02 Å². The van der Waals surface area contributed by atoms with Crippen molar-refractivity contribution in [1.82, 2.24) is 10.6 Å². The highest BCUT2D eigenvalue weighted by Crippen LogP contribution is 2.22. The van der Waals surface area contributed by atoms with Crippen LogP contribution in [-0.4, -0.2) is 17.8 Å². The molecule has 3 rings (SSSR count). The molecule has 6 heteroatoms. The minimum Gasteiger partial charge on any atom is -0.273 e. The summed E-state index contributed by atoms with van der Waals surface area (Å²) in [5.74, 6) is -1.42. The van der Waals surface area contributed by atoms with Gasteiger partial charge in [-0.3, -0.25) is 20.2 Å². The molecule has 0 bridgehead atoms. The molecule has 120 valence electrons. The van der Waals surface area contributed by atoms with Crippen LogP contribution in [0, 0.1) is 0 Å². The topological polar surface area (TPSA) is 75.3 Å². The van der Waals surface area contributed by atoms with Gasteiger partial charge in [0.1, 0.15) is 5.57 Å². The first kappa shape index (κ1) is 16.0. The van der Waals surface area contributed by atoms with Crippen LogP contribution in [0.2, 0.25) is 5.02 Å². The molecule has 0 atom stereocenters. The number of carbonyl (C=O) groups is 3. The maximum atomic E-state index is 11.9. The number of carbonyl (C=O) groups excluding carboxylic acids is 3. The molecule has 2 aromatic carbocycles. The smallest absolute Gasteiger partial charge is 0.273 e. The van der Waals surface area contributed by atoms with E-state index in [2.05, 4.69) is 10.6 Å². The van der Waals surface area contributed by atoms with Crippen molar-refractivity contribution in [3.63, 3.8) is 0 Å². The van der Waals surface area contributed by atoms with Gasteiger partial charge in [0.05, 0.1) is 0 Å². The van der Waals surface area contributed by atoms with E-state index in [1.807, 2.05) is 42.5 Å². The molecule has 0 radical (unpaired) electrons. The summed E-state index contributed by atoms with van der Waals surface area (Å²) in [5.41, 5.74) is 2.46. The predicted molar refractivity (Wildman–Crippen MR) is 90.4 cm³/mol. The molecule has 1 aliphatic rings. The Bertz CT molecular complexity index is 852. The van der Waals surface area contributed by atoms with Crippen molar-refractivity contribution >= 4 is 35.5 Å². The van der Waals surface area contributed by atoms with Crippen molar-refractivity contribution in [2.75, 3.05) is 0 Å². The Hall–Kier alpha value is -2.92. The minimum atomic E-state index is -0.813. The predicted octanol–water partition coefficient (Wildman–Crippen LogP) is 2.68. The average Bonchev–Trinajstić information content (AvgIpc) is 2.54. The van der Waals surface area contributed by atoms with Gasteiger partial charge in [0.2, 0.25) is 0 Å². The van der Waals surface area contributed by atoms with Gasteiger partial charge in [0.25, 0.3) is 11.8 Å². The monoisotopic (exact) mass is 340 g/mol. The van der Waals surface area contributed by atoms with E-state index in [1.54, 1.807) is 6.07 Å². The first-order chi connectivity index (χ1) is 11.5. The molecule has 0 aliphatic carbocycles. The van der Waals surface area contributed by atoms with Crippen molar-refractivity contribution in [3.05, 3.63) is 75.8 Å². The van der Waals surface area contributed by atoms with Gasteiger partial charge in [-0.25, -0.2) is 4.79 Å². The van der Waals surface area contributed by atoms with Crippen molar-refractivity contribution in [3.8, 4) is 0 Å². The molecule has 0 unspecified atom stereocenters. The summed E-state index contributed by atoms with van der Waals surface area (Å²) in [7, 11) is 0. The molecule has 1 heterocycles. The highest BCUT2D eigenvalue weighted by Gasteiger charge is 2.27. The van der Waals surface area contributed by atoms with Crippen LogP contribution >= 0.6 is 11.6 Å². The van der Waals surface area contributed by atoms with Gasteiger partial charge in [-0.05, 0) is 35.3 Å². The molecular formula is C18H13ClN2O3. The highest BCUT2D eigenvalue weighted by atomic mass is 35.5. The summed E-state index contributed by atoms with van der Waals surface area (Å²) in [4.78, 5) is 34.8. The van der Waals surface area contributed by atoms with Gasteiger partial charge >= 0.3 is 6.03 Å². The first-order valence-corrected chi connectivity index (χ1v) is 7.62. The fourth-order valence-corrected chi connectivity index (χ4v) is 2.65. The van der Waals surface area contributed by atoms with E-state index >= 15 is 0 Å². The number of hydrogen-bond acceptors (Lipinski definition) is 3. The van der Waals surface area contributed by atoms with Crippen molar-refractivity contribution in [2.24, 2.45) is 0 Å². The Morgan fingerprint density at radius 3 is 2.08 bits per heavy atom. The molecule has 1 aliphatic heterocycles. The summed E-state index contributed by atoms with van der Waals surface area (Å²) in [5, 5.41) is 4.77. The van der Waals surface area contributed by atoms with Gasteiger partial charge in [0.15, 0.2) is 0 Å². The van der Waals surface area contributed by atoms with Crippen LogP contribution in [0.15, 0.2) is 54.1 Å². The van der Waals surface area contributed by atoms with Gasteiger partial charge in [-0.2, -0.15) is 0 Å². The lowest BCUT2D eigenvalue weighted by Crippen LogP contribution is -2.51. The van der Waals surface area contributed by atoms with E-state index in [-0.39, 0.29) is 5.57 Å². The Labute approximate surface area is 143 Å². The van der Waals surface area contributed by atoms with Crippen LogP contribution in [-0.2, 0) is 16.0 Å². The number of hydrogen-bond donors (Lipinski definition) is 2. The second-order valence-corrected chi connectivity index (χ2v) is 5.67. The lowest BCUT2D eigenvalue weighted by Gasteiger charge is -2.15. The lowest BCUT2D eigenvalue weighted by atomic mass is 9.97. The normalized spacial score (nSPS) is 14.2. The fourth-order valence-electron chi connectivity index (χ4n) is 2.44. The third kappa shape index (κ3) is 3.36. The van der Waals surface area contributed by atoms with E-state index in [9.17, 15) is 14.4 Å². The summed E-state index contributed by atoms with van der Waals surface area (Å²) in [6, 6.07) is 14.1. The van der Waals surface area contributed by atoms with Crippen LogP contribution in [0.4, 0.5) is 4.79 Å². The molecule has 4 amide bonds. The minimum absolute atomic E-state index is 0.110. The van der Waals surface area contributed by atoms with E-state index in [0.29, 0.717) is 17.0 Å². The highest BCUT2D eigenvalue weighted by molar-refractivity contribution is 6.31. The van der Waals surface area contributed by atoms with Crippen LogP contribution in [0.3, 0.4) is 0 Å². The zero-order valence-corrected chi connectivity index (χ0v) is 13.3. The van der Waals surface area contributed by atoms with E-state index < -0.39 is 17.8 Å². The zero-order chi connectivity index (χ0) is 17.1. The lowest BCUT2D eigenvalue weighted by molar-refractivity contribution is -0.123. The molecule has 1 saturated heterocycles. The third-order valence-electron chi connectivity index (χ3n) is 3.64. The molecule has 2 aromatic rings. The fraction of sp³-hybridized carbons (Fsp3) is 0.0556. The van der Waals surface area contributed by atoms with Crippen molar-refractivity contribution in [1.29, 1.82) is 0 Å². The Balaban J connectivity index is 1.97. The molecule has 5 nitrogen and oxygen atoms in total. The number of nitrogens with one attached hydrogen (secondary N) is 2. The van der Waals surface area contributed by atoms with Crippen molar-refractivity contribution < 1.29 is 14.4 Å². The number of amides is 4. The number of barbiturate groups is 1. The van der Waals surface area contributed by atoms with Gasteiger partial charge in [-0.1, -0.05) is 54.1 Å². The van der Waals surface area contributed by atoms with Crippen LogP contribution in [0.25, 0.3) is 6.08 Å². The summed E-state index contributed by atoms with van der Waals surface area (Å²) in [6.45, 7) is 0. The van der Waals surface area contributed by atoms with Crippen LogP contribution < -0.4 is 10.6 Å². The summed E-state index contributed by atoms with van der Waals surface area (Å²) in [6.07, 6.45) is 2.03. The quantitative estimate of drug-likeness (QED) is 0.666. The summed E-state index contributed by atoms with van der Waals surface area (Å²) >= 11 is 6.20. The number of benzene rings is 2. The maximum Gasteiger partial charge on any atom is 0.328 e. The molecule has 24 heavy (non-hydrogen) atoms. The van der Waals surface area contributed by atoms with Gasteiger partial charge in [-0.15, -0.1) is 0 Å². The van der Waals surface area contributed by atoms with Crippen LogP contribution in [0.5, 0.6) is 0 Å². The maximum absolute atomic E-state index is 11.9. The number of halogens is 1. The third-order valence-corrected chi connectivity index (χ3v) is 4.01. The molecule has 0 spiro atoms. The first-order valence-electron chi connectivity index (χ1n) is 7.24. The zero-order valence-electron chi connectivity index (χ0n) is 12.5. The molecule has 0 saturated carbocycles. The largest absolute Gasteiger partial charge is 0.328 e. The molecule has 2 N–H and O–H groups in total. The SMILES string of the molecule is O=C1NC(=O)C(=Cc2ccccc2Cc2ccccc2Cl)C(=O)N1. The molecule has 0 aromatic heterocycles. The standard InChI is InChI=1S/C18H13ClN2O3/c19-15-8-4-3-7-13(15)9-11-5-1-2-6-12(11)10-14-16(22)20-18(24)21-17(14)23/h1-8,10H,9H2,(H2,20,21,22,23,24). The van der Waals surface area contributed by atoms with Crippen LogP contribution in [0.1, 0.15) is 16.7 Å². The Kier molecular flexibility index (Phi) is 4.44. The number of imide groups is 2. The second-order valence-electron chi connectivity index (χ2n) is 5.26. The Morgan fingerprint density at radius 2 is 1.42 bits per heavy atom. The second kappa shape index (κ2) is 6.68. The molecular weight excluding hydrogens is 328 g/mol. The Morgan fingerprint density at radius 1 is 0.833 bits per heavy atom. The summed E-state index contributed by atoms with van der Waals surface area (Å²) < 4.78 is 0.